The lowest BCUT2D eigenvalue weighted by Crippen LogP contribution is -2.38. The molecule has 1 fully saturated rings. The summed E-state index contributed by atoms with van der Waals surface area (Å²) >= 11 is 0. The van der Waals surface area contributed by atoms with Crippen LogP contribution in [0.2, 0.25) is 0 Å². The van der Waals surface area contributed by atoms with Crippen molar-refractivity contribution in [1.29, 1.82) is 0 Å². The number of carbonyl (C=O) groups is 3. The summed E-state index contributed by atoms with van der Waals surface area (Å²) in [5, 5.41) is 5.40. The molecule has 2 rings (SSSR count). The molecule has 0 unspecified atom stereocenters. The van der Waals surface area contributed by atoms with Crippen LogP contribution >= 0.6 is 0 Å². The van der Waals surface area contributed by atoms with Gasteiger partial charge in [-0.15, -0.1) is 0 Å². The zero-order valence-corrected chi connectivity index (χ0v) is 14.7. The second kappa shape index (κ2) is 9.05. The van der Waals surface area contributed by atoms with E-state index in [0.717, 1.165) is 18.7 Å². The lowest BCUT2D eigenvalue weighted by atomic mass is 10.2. The second-order valence-corrected chi connectivity index (χ2v) is 6.23. The molecule has 136 valence electrons. The Labute approximate surface area is 147 Å². The molecule has 0 saturated carbocycles. The maximum Gasteiger partial charge on any atom is 0.258 e. The van der Waals surface area contributed by atoms with Crippen LogP contribution in [-0.4, -0.2) is 44.0 Å². The average Bonchev–Trinajstić information content (AvgIpc) is 3.03. The SMILES string of the molecule is CC(C)C(=O)NCCNC(=O)COc1ccc(N2CCCC2=O)cc1. The largest absolute Gasteiger partial charge is 0.484 e. The van der Waals surface area contributed by atoms with E-state index >= 15 is 0 Å². The number of benzene rings is 1. The van der Waals surface area contributed by atoms with E-state index in [4.69, 9.17) is 4.74 Å². The zero-order chi connectivity index (χ0) is 18.2. The van der Waals surface area contributed by atoms with Crippen molar-refractivity contribution < 1.29 is 19.1 Å². The first-order valence-electron chi connectivity index (χ1n) is 8.55. The topological polar surface area (TPSA) is 87.7 Å². The molecule has 1 aromatic rings. The first kappa shape index (κ1) is 18.8. The van der Waals surface area contributed by atoms with Gasteiger partial charge in [0.1, 0.15) is 5.75 Å². The van der Waals surface area contributed by atoms with Gasteiger partial charge in [0.2, 0.25) is 11.8 Å². The minimum absolute atomic E-state index is 0.0397. The van der Waals surface area contributed by atoms with Gasteiger partial charge < -0.3 is 20.3 Å². The fourth-order valence-corrected chi connectivity index (χ4v) is 2.44. The first-order valence-corrected chi connectivity index (χ1v) is 8.55. The molecule has 7 heteroatoms. The maximum atomic E-state index is 11.7. The number of nitrogens with zero attached hydrogens (tertiary/aromatic N) is 1. The molecule has 1 aliphatic rings. The van der Waals surface area contributed by atoms with Crippen LogP contribution in [0.25, 0.3) is 0 Å². The fraction of sp³-hybridized carbons (Fsp3) is 0.500. The van der Waals surface area contributed by atoms with Crippen LogP contribution in [0.15, 0.2) is 24.3 Å². The molecule has 0 bridgehead atoms. The summed E-state index contributed by atoms with van der Waals surface area (Å²) in [5.74, 6) is 0.341. The van der Waals surface area contributed by atoms with Gasteiger partial charge >= 0.3 is 0 Å². The van der Waals surface area contributed by atoms with Gasteiger partial charge in [-0.3, -0.25) is 14.4 Å². The summed E-state index contributed by atoms with van der Waals surface area (Å²) in [4.78, 5) is 36.5. The number of hydrogen-bond acceptors (Lipinski definition) is 4. The lowest BCUT2D eigenvalue weighted by molar-refractivity contribution is -0.125. The number of nitrogens with one attached hydrogen (secondary N) is 2. The highest BCUT2D eigenvalue weighted by molar-refractivity contribution is 5.95. The van der Waals surface area contributed by atoms with Crippen LogP contribution < -0.4 is 20.3 Å². The molecule has 0 atom stereocenters. The Hall–Kier alpha value is -2.57. The third-order valence-electron chi connectivity index (χ3n) is 3.86. The third kappa shape index (κ3) is 5.77. The Bertz CT molecular complexity index is 613. The summed E-state index contributed by atoms with van der Waals surface area (Å²) < 4.78 is 5.43. The molecule has 1 heterocycles. The second-order valence-electron chi connectivity index (χ2n) is 6.23. The van der Waals surface area contributed by atoms with Crippen LogP contribution in [0.3, 0.4) is 0 Å². The number of carbonyl (C=O) groups excluding carboxylic acids is 3. The van der Waals surface area contributed by atoms with Crippen LogP contribution in [0.5, 0.6) is 5.75 Å². The third-order valence-corrected chi connectivity index (χ3v) is 3.86. The molecule has 7 nitrogen and oxygen atoms in total. The summed E-state index contributed by atoms with van der Waals surface area (Å²) in [6.45, 7) is 5.02. The predicted molar refractivity (Wildman–Crippen MR) is 94.4 cm³/mol. The van der Waals surface area contributed by atoms with Crippen molar-refractivity contribution in [3.05, 3.63) is 24.3 Å². The van der Waals surface area contributed by atoms with Crippen molar-refractivity contribution in [3.8, 4) is 5.75 Å². The average molecular weight is 347 g/mol. The summed E-state index contributed by atoms with van der Waals surface area (Å²) in [7, 11) is 0. The van der Waals surface area contributed by atoms with Gasteiger partial charge in [-0.2, -0.15) is 0 Å². The normalized spacial score (nSPS) is 13.9. The number of rotatable bonds is 8. The first-order chi connectivity index (χ1) is 12.0. The van der Waals surface area contributed by atoms with Gasteiger partial charge in [0.05, 0.1) is 0 Å². The fourth-order valence-electron chi connectivity index (χ4n) is 2.44. The molecule has 25 heavy (non-hydrogen) atoms. The van der Waals surface area contributed by atoms with Crippen LogP contribution in [0.4, 0.5) is 5.69 Å². The molecule has 2 N–H and O–H groups in total. The summed E-state index contributed by atoms with van der Waals surface area (Å²) in [6.07, 6.45) is 1.48. The highest BCUT2D eigenvalue weighted by Gasteiger charge is 2.21. The number of ether oxygens (including phenoxy) is 1. The Kier molecular flexibility index (Phi) is 6.80. The molecule has 1 aromatic carbocycles. The van der Waals surface area contributed by atoms with E-state index in [1.807, 2.05) is 26.0 Å². The lowest BCUT2D eigenvalue weighted by Gasteiger charge is -2.16. The minimum atomic E-state index is -0.252. The Morgan fingerprint density at radius 1 is 1.16 bits per heavy atom. The molecule has 3 amide bonds. The number of amides is 3. The van der Waals surface area contributed by atoms with Crippen LogP contribution in [-0.2, 0) is 14.4 Å². The highest BCUT2D eigenvalue weighted by atomic mass is 16.5. The summed E-state index contributed by atoms with van der Waals surface area (Å²) in [6, 6.07) is 7.13. The van der Waals surface area contributed by atoms with Crippen molar-refractivity contribution in [2.45, 2.75) is 26.7 Å². The van der Waals surface area contributed by atoms with E-state index in [2.05, 4.69) is 10.6 Å². The Morgan fingerprint density at radius 3 is 2.44 bits per heavy atom. The highest BCUT2D eigenvalue weighted by Crippen LogP contribution is 2.23. The molecule has 1 aliphatic heterocycles. The van der Waals surface area contributed by atoms with E-state index in [1.54, 1.807) is 17.0 Å². The quantitative estimate of drug-likeness (QED) is 0.689. The van der Waals surface area contributed by atoms with E-state index in [1.165, 1.54) is 0 Å². The molecule has 0 aromatic heterocycles. The molecule has 0 aliphatic carbocycles. The standard InChI is InChI=1S/C18H25N3O4/c1-13(2)18(24)20-10-9-19-16(22)12-25-15-7-5-14(6-8-15)21-11-3-4-17(21)23/h5-8,13H,3-4,9-12H2,1-2H3,(H,19,22)(H,20,24). The molecular weight excluding hydrogens is 322 g/mol. The van der Waals surface area contributed by atoms with Crippen molar-refractivity contribution in [2.75, 3.05) is 31.1 Å². The zero-order valence-electron chi connectivity index (χ0n) is 14.7. The smallest absolute Gasteiger partial charge is 0.258 e. The predicted octanol–water partition coefficient (Wildman–Crippen LogP) is 1.08. The van der Waals surface area contributed by atoms with Gasteiger partial charge in [-0.1, -0.05) is 13.8 Å². The molecule has 0 spiro atoms. The van der Waals surface area contributed by atoms with Gasteiger partial charge in [0.15, 0.2) is 6.61 Å². The van der Waals surface area contributed by atoms with Crippen molar-refractivity contribution >= 4 is 23.4 Å². The Morgan fingerprint density at radius 2 is 1.84 bits per heavy atom. The van der Waals surface area contributed by atoms with Crippen LogP contribution in [0.1, 0.15) is 26.7 Å². The Balaban J connectivity index is 1.67. The van der Waals surface area contributed by atoms with Crippen molar-refractivity contribution in [2.24, 2.45) is 5.92 Å². The molecule has 0 radical (unpaired) electrons. The number of anilines is 1. The van der Waals surface area contributed by atoms with Gasteiger partial charge in [0, 0.05) is 37.7 Å². The van der Waals surface area contributed by atoms with E-state index in [-0.39, 0.29) is 30.2 Å². The minimum Gasteiger partial charge on any atom is -0.484 e. The van der Waals surface area contributed by atoms with E-state index < -0.39 is 0 Å². The van der Waals surface area contributed by atoms with Crippen molar-refractivity contribution in [3.63, 3.8) is 0 Å². The molecule has 1 saturated heterocycles. The number of hydrogen-bond donors (Lipinski definition) is 2. The van der Waals surface area contributed by atoms with E-state index in [9.17, 15) is 14.4 Å². The van der Waals surface area contributed by atoms with E-state index in [0.29, 0.717) is 25.3 Å². The monoisotopic (exact) mass is 347 g/mol. The van der Waals surface area contributed by atoms with Gasteiger partial charge in [-0.25, -0.2) is 0 Å². The van der Waals surface area contributed by atoms with Crippen molar-refractivity contribution in [1.82, 2.24) is 10.6 Å². The van der Waals surface area contributed by atoms with Gasteiger partial charge in [0.25, 0.3) is 5.91 Å². The summed E-state index contributed by atoms with van der Waals surface area (Å²) in [5.41, 5.74) is 0.847. The molecular formula is C18H25N3O4. The van der Waals surface area contributed by atoms with Gasteiger partial charge in [-0.05, 0) is 30.7 Å². The van der Waals surface area contributed by atoms with Crippen LogP contribution in [0, 0.1) is 5.92 Å². The maximum absolute atomic E-state index is 11.7.